The highest BCUT2D eigenvalue weighted by molar-refractivity contribution is 7.80. The summed E-state index contributed by atoms with van der Waals surface area (Å²) in [5, 5.41) is 7.37. The third-order valence-electron chi connectivity index (χ3n) is 1.67. The van der Waals surface area contributed by atoms with E-state index in [4.69, 9.17) is 5.73 Å². The first-order chi connectivity index (χ1) is 6.29. The molecule has 0 aliphatic heterocycles. The Bertz CT molecular complexity index is 245. The van der Waals surface area contributed by atoms with Crippen LogP contribution in [0.4, 0.5) is 0 Å². The minimum atomic E-state index is 0.374. The van der Waals surface area contributed by atoms with Crippen LogP contribution in [0.5, 0.6) is 0 Å². The molecule has 0 radical (unpaired) electrons. The van der Waals surface area contributed by atoms with E-state index >= 15 is 0 Å². The number of nitrogens with two attached hydrogens (primary N) is 1. The van der Waals surface area contributed by atoms with Crippen molar-refractivity contribution >= 4 is 17.3 Å². The average Bonchev–Trinajstić information content (AvgIpc) is 2.55. The molecule has 0 aliphatic carbocycles. The summed E-state index contributed by atoms with van der Waals surface area (Å²) in [6, 6.07) is 1.92. The molecule has 0 aliphatic rings. The van der Waals surface area contributed by atoms with E-state index in [2.05, 4.69) is 22.6 Å². The first-order valence-corrected chi connectivity index (χ1v) is 4.70. The molecule has 13 heavy (non-hydrogen) atoms. The van der Waals surface area contributed by atoms with Crippen LogP contribution < -0.4 is 11.1 Å². The van der Waals surface area contributed by atoms with Crippen molar-refractivity contribution in [1.82, 2.24) is 15.1 Å². The van der Waals surface area contributed by atoms with Gasteiger partial charge in [0.15, 0.2) is 5.11 Å². The van der Waals surface area contributed by atoms with Crippen LogP contribution >= 0.6 is 12.2 Å². The molecule has 0 bridgehead atoms. The molecule has 1 aromatic heterocycles. The molecule has 0 saturated carbocycles. The first kappa shape index (κ1) is 9.98. The predicted octanol–water partition coefficient (Wildman–Crippen LogP) is 0.496. The van der Waals surface area contributed by atoms with Crippen LogP contribution in [-0.2, 0) is 6.54 Å². The quantitative estimate of drug-likeness (QED) is 0.534. The van der Waals surface area contributed by atoms with Crippen LogP contribution in [0, 0.1) is 0 Å². The summed E-state index contributed by atoms with van der Waals surface area (Å²) >= 11 is 4.67. The summed E-state index contributed by atoms with van der Waals surface area (Å²) in [4.78, 5) is 0. The number of unbranched alkanes of at least 4 members (excludes halogenated alkanes) is 1. The van der Waals surface area contributed by atoms with Gasteiger partial charge in [-0.2, -0.15) is 5.10 Å². The van der Waals surface area contributed by atoms with Crippen molar-refractivity contribution in [2.75, 3.05) is 6.54 Å². The van der Waals surface area contributed by atoms with Crippen LogP contribution in [0.1, 0.15) is 12.8 Å². The largest absolute Gasteiger partial charge is 0.376 e. The van der Waals surface area contributed by atoms with E-state index in [-0.39, 0.29) is 0 Å². The summed E-state index contributed by atoms with van der Waals surface area (Å²) in [6.45, 7) is 1.79. The van der Waals surface area contributed by atoms with Crippen LogP contribution in [0.15, 0.2) is 18.5 Å². The zero-order chi connectivity index (χ0) is 9.52. The SMILES string of the molecule is NC(=S)NCCCCn1cccn1. The lowest BCUT2D eigenvalue weighted by Crippen LogP contribution is -2.29. The summed E-state index contributed by atoms with van der Waals surface area (Å²) in [7, 11) is 0. The number of aromatic nitrogens is 2. The second-order valence-corrected chi connectivity index (χ2v) is 3.21. The summed E-state index contributed by atoms with van der Waals surface area (Å²) in [6.07, 6.45) is 5.88. The molecule has 3 N–H and O–H groups in total. The molecule has 4 nitrogen and oxygen atoms in total. The Kier molecular flexibility index (Phi) is 4.25. The molecule has 1 aromatic rings. The Hall–Kier alpha value is -1.10. The third kappa shape index (κ3) is 4.47. The highest BCUT2D eigenvalue weighted by atomic mass is 32.1. The Balaban J connectivity index is 1.99. The Labute approximate surface area is 83.1 Å². The summed E-state index contributed by atoms with van der Waals surface area (Å²) in [5.74, 6) is 0. The lowest BCUT2D eigenvalue weighted by molar-refractivity contribution is 0.555. The van der Waals surface area contributed by atoms with Crippen molar-refractivity contribution < 1.29 is 0 Å². The molecular formula is C8H14N4S. The number of nitrogens with zero attached hydrogens (tertiary/aromatic N) is 2. The highest BCUT2D eigenvalue weighted by Gasteiger charge is 1.91. The normalized spacial score (nSPS) is 9.85. The number of hydrogen-bond donors (Lipinski definition) is 2. The molecule has 1 rings (SSSR count). The van der Waals surface area contributed by atoms with Crippen LogP contribution in [0.2, 0.25) is 0 Å². The predicted molar refractivity (Wildman–Crippen MR) is 56.2 cm³/mol. The number of thiocarbonyl (C=S) groups is 1. The van der Waals surface area contributed by atoms with Crippen molar-refractivity contribution in [2.24, 2.45) is 5.73 Å². The minimum absolute atomic E-state index is 0.374. The van der Waals surface area contributed by atoms with Crippen LogP contribution in [0.25, 0.3) is 0 Å². The molecule has 72 valence electrons. The fourth-order valence-corrected chi connectivity index (χ4v) is 1.15. The third-order valence-corrected chi connectivity index (χ3v) is 1.82. The molecule has 0 spiro atoms. The lowest BCUT2D eigenvalue weighted by atomic mass is 10.3. The monoisotopic (exact) mass is 198 g/mol. The fourth-order valence-electron chi connectivity index (χ4n) is 1.04. The fraction of sp³-hybridized carbons (Fsp3) is 0.500. The maximum atomic E-state index is 5.27. The zero-order valence-electron chi connectivity index (χ0n) is 7.44. The van der Waals surface area contributed by atoms with E-state index < -0.39 is 0 Å². The maximum absolute atomic E-state index is 5.27. The van der Waals surface area contributed by atoms with Gasteiger partial charge in [-0.05, 0) is 31.1 Å². The van der Waals surface area contributed by atoms with Gasteiger partial charge in [-0.3, -0.25) is 4.68 Å². The van der Waals surface area contributed by atoms with Gasteiger partial charge in [0.25, 0.3) is 0 Å². The number of nitrogens with one attached hydrogen (secondary N) is 1. The van der Waals surface area contributed by atoms with Crippen molar-refractivity contribution in [1.29, 1.82) is 0 Å². The smallest absolute Gasteiger partial charge is 0.163 e. The van der Waals surface area contributed by atoms with Gasteiger partial charge in [0.1, 0.15) is 0 Å². The highest BCUT2D eigenvalue weighted by Crippen LogP contribution is 1.92. The lowest BCUT2D eigenvalue weighted by Gasteiger charge is -2.03. The molecule has 0 aromatic carbocycles. The standard InChI is InChI=1S/C8H14N4S/c9-8(13)10-4-1-2-6-12-7-3-5-11-12/h3,5,7H,1-2,4,6H2,(H3,9,10,13). The van der Waals surface area contributed by atoms with Gasteiger partial charge >= 0.3 is 0 Å². The van der Waals surface area contributed by atoms with Gasteiger partial charge in [-0.1, -0.05) is 0 Å². The second kappa shape index (κ2) is 5.53. The summed E-state index contributed by atoms with van der Waals surface area (Å²) in [5.41, 5.74) is 5.27. The van der Waals surface area contributed by atoms with Gasteiger partial charge in [0.2, 0.25) is 0 Å². The van der Waals surface area contributed by atoms with E-state index in [1.165, 1.54) is 0 Å². The van der Waals surface area contributed by atoms with Crippen molar-refractivity contribution in [3.8, 4) is 0 Å². The second-order valence-electron chi connectivity index (χ2n) is 2.77. The summed E-state index contributed by atoms with van der Waals surface area (Å²) < 4.78 is 1.92. The minimum Gasteiger partial charge on any atom is -0.376 e. The van der Waals surface area contributed by atoms with Gasteiger partial charge in [-0.15, -0.1) is 0 Å². The maximum Gasteiger partial charge on any atom is 0.163 e. The average molecular weight is 198 g/mol. The van der Waals surface area contributed by atoms with Crippen molar-refractivity contribution in [3.05, 3.63) is 18.5 Å². The van der Waals surface area contributed by atoms with Crippen LogP contribution in [-0.4, -0.2) is 21.4 Å². The Morgan fingerprint density at radius 1 is 1.54 bits per heavy atom. The van der Waals surface area contributed by atoms with E-state index in [9.17, 15) is 0 Å². The van der Waals surface area contributed by atoms with E-state index in [1.54, 1.807) is 6.20 Å². The van der Waals surface area contributed by atoms with E-state index in [0.29, 0.717) is 5.11 Å². The molecule has 0 amide bonds. The van der Waals surface area contributed by atoms with Gasteiger partial charge in [0.05, 0.1) is 0 Å². The van der Waals surface area contributed by atoms with Gasteiger partial charge < -0.3 is 11.1 Å². The van der Waals surface area contributed by atoms with E-state index in [0.717, 1.165) is 25.9 Å². The zero-order valence-corrected chi connectivity index (χ0v) is 8.26. The van der Waals surface area contributed by atoms with E-state index in [1.807, 2.05) is 16.9 Å². The van der Waals surface area contributed by atoms with Crippen molar-refractivity contribution in [2.45, 2.75) is 19.4 Å². The molecule has 1 heterocycles. The molecule has 0 saturated heterocycles. The Morgan fingerprint density at radius 2 is 2.38 bits per heavy atom. The topological polar surface area (TPSA) is 55.9 Å². The van der Waals surface area contributed by atoms with Gasteiger partial charge in [0, 0.05) is 25.5 Å². The Morgan fingerprint density at radius 3 is 3.00 bits per heavy atom. The molecule has 0 fully saturated rings. The van der Waals surface area contributed by atoms with Crippen LogP contribution in [0.3, 0.4) is 0 Å². The molecular weight excluding hydrogens is 184 g/mol. The molecule has 5 heteroatoms. The molecule has 0 unspecified atom stereocenters. The number of rotatable bonds is 5. The molecule has 0 atom stereocenters. The number of aryl methyl sites for hydroxylation is 1. The number of hydrogen-bond acceptors (Lipinski definition) is 2. The first-order valence-electron chi connectivity index (χ1n) is 4.30. The van der Waals surface area contributed by atoms with Crippen molar-refractivity contribution in [3.63, 3.8) is 0 Å². The van der Waals surface area contributed by atoms with Gasteiger partial charge in [-0.25, -0.2) is 0 Å².